The number of ether oxygens (including phenoxy) is 2. The molecule has 0 aliphatic carbocycles. The van der Waals surface area contributed by atoms with Crippen molar-refractivity contribution in [2.45, 2.75) is 26.9 Å². The van der Waals surface area contributed by atoms with Crippen LogP contribution in [0.15, 0.2) is 85.1 Å². The van der Waals surface area contributed by atoms with Crippen LogP contribution in [0.3, 0.4) is 0 Å². The van der Waals surface area contributed by atoms with Gasteiger partial charge in [-0.25, -0.2) is 9.69 Å². The van der Waals surface area contributed by atoms with Crippen molar-refractivity contribution in [2.24, 2.45) is 0 Å². The van der Waals surface area contributed by atoms with Gasteiger partial charge in [-0.3, -0.25) is 9.59 Å². The molecule has 1 aliphatic rings. The van der Waals surface area contributed by atoms with E-state index < -0.39 is 24.4 Å². The Balaban J connectivity index is 1.54. The van der Waals surface area contributed by atoms with Crippen LogP contribution in [0.25, 0.3) is 6.08 Å². The molecular weight excluding hydrogens is 494 g/mol. The summed E-state index contributed by atoms with van der Waals surface area (Å²) < 4.78 is 12.0. The molecule has 1 heterocycles. The number of amides is 4. The van der Waals surface area contributed by atoms with Gasteiger partial charge in [0, 0.05) is 11.3 Å². The maximum absolute atomic E-state index is 13.0. The number of nitrogens with one attached hydrogen (secondary N) is 2. The molecule has 3 aromatic carbocycles. The monoisotopic (exact) mass is 525 g/mol. The third-order valence-corrected chi connectivity index (χ3v) is 5.92. The number of hydrogen-bond donors (Lipinski definition) is 2. The number of urea groups is 1. The number of nitrogens with zero attached hydrogens (tertiary/aromatic N) is 1. The Morgan fingerprint density at radius 1 is 1.05 bits per heavy atom. The van der Waals surface area contributed by atoms with Crippen LogP contribution in [0, 0.1) is 6.92 Å². The van der Waals surface area contributed by atoms with Gasteiger partial charge >= 0.3 is 6.03 Å². The minimum atomic E-state index is -0.662. The van der Waals surface area contributed by atoms with Crippen LogP contribution in [0.5, 0.6) is 11.5 Å². The standard InChI is InChI=1S/C31H31N3O5/c1-4-10-24-16-23(18-27(38-5-2)29(24)39-20-22-12-7-6-8-13-22)17-26-30(36)34(31(37)33-26)19-28(35)32-25-14-9-11-21(3)15-25/h4,6-9,11-18H,1,5,10,19-20H2,2-3H3,(H,32,35)(H,33,37)/b26-17+. The second-order valence-electron chi connectivity index (χ2n) is 9.00. The molecule has 8 heteroatoms. The van der Waals surface area contributed by atoms with Gasteiger partial charge in [0.1, 0.15) is 18.8 Å². The predicted molar refractivity (Wildman–Crippen MR) is 150 cm³/mol. The molecule has 0 unspecified atom stereocenters. The van der Waals surface area contributed by atoms with E-state index in [0.29, 0.717) is 42.4 Å². The maximum atomic E-state index is 13.0. The number of anilines is 1. The first-order valence-corrected chi connectivity index (χ1v) is 12.7. The van der Waals surface area contributed by atoms with Gasteiger partial charge in [0.05, 0.1) is 6.61 Å². The van der Waals surface area contributed by atoms with Crippen LogP contribution >= 0.6 is 0 Å². The van der Waals surface area contributed by atoms with E-state index in [-0.39, 0.29) is 5.70 Å². The molecule has 0 atom stereocenters. The molecule has 8 nitrogen and oxygen atoms in total. The fourth-order valence-corrected chi connectivity index (χ4v) is 4.18. The van der Waals surface area contributed by atoms with Crippen LogP contribution in [0.2, 0.25) is 0 Å². The number of allylic oxidation sites excluding steroid dienone is 1. The van der Waals surface area contributed by atoms with Crippen LogP contribution < -0.4 is 20.1 Å². The summed E-state index contributed by atoms with van der Waals surface area (Å²) in [6, 6.07) is 20.0. The zero-order valence-corrected chi connectivity index (χ0v) is 22.0. The highest BCUT2D eigenvalue weighted by Gasteiger charge is 2.35. The third kappa shape index (κ3) is 6.93. The van der Waals surface area contributed by atoms with Crippen molar-refractivity contribution in [1.29, 1.82) is 0 Å². The molecular formula is C31H31N3O5. The highest BCUT2D eigenvalue weighted by Crippen LogP contribution is 2.35. The first-order chi connectivity index (χ1) is 18.9. The Bertz CT molecular complexity index is 1410. The second kappa shape index (κ2) is 12.6. The van der Waals surface area contributed by atoms with Gasteiger partial charge in [0.15, 0.2) is 11.5 Å². The van der Waals surface area contributed by atoms with E-state index in [4.69, 9.17) is 9.47 Å². The average molecular weight is 526 g/mol. The molecule has 0 radical (unpaired) electrons. The number of rotatable bonds is 11. The predicted octanol–water partition coefficient (Wildman–Crippen LogP) is 5.23. The normalized spacial score (nSPS) is 13.8. The van der Waals surface area contributed by atoms with E-state index >= 15 is 0 Å². The van der Waals surface area contributed by atoms with Gasteiger partial charge in [0.25, 0.3) is 5.91 Å². The first-order valence-electron chi connectivity index (χ1n) is 12.7. The summed E-state index contributed by atoms with van der Waals surface area (Å²) in [5.74, 6) is 0.0500. The molecule has 1 aliphatic heterocycles. The molecule has 0 bridgehead atoms. The summed E-state index contributed by atoms with van der Waals surface area (Å²) in [6.45, 7) is 8.00. The Hall–Kier alpha value is -4.85. The Kier molecular flexibility index (Phi) is 8.78. The summed E-state index contributed by atoms with van der Waals surface area (Å²) in [7, 11) is 0. The number of carbonyl (C=O) groups is 3. The zero-order valence-electron chi connectivity index (χ0n) is 22.0. The quantitative estimate of drug-likeness (QED) is 0.203. The molecule has 1 saturated heterocycles. The van der Waals surface area contributed by atoms with Crippen molar-refractivity contribution < 1.29 is 23.9 Å². The van der Waals surface area contributed by atoms with E-state index in [0.717, 1.165) is 21.6 Å². The van der Waals surface area contributed by atoms with E-state index in [2.05, 4.69) is 17.2 Å². The van der Waals surface area contributed by atoms with Gasteiger partial charge in [0.2, 0.25) is 5.91 Å². The molecule has 2 N–H and O–H groups in total. The molecule has 39 heavy (non-hydrogen) atoms. The van der Waals surface area contributed by atoms with Crippen molar-refractivity contribution in [2.75, 3.05) is 18.5 Å². The van der Waals surface area contributed by atoms with Gasteiger partial charge < -0.3 is 20.1 Å². The fourth-order valence-electron chi connectivity index (χ4n) is 4.18. The van der Waals surface area contributed by atoms with E-state index in [9.17, 15) is 14.4 Å². The van der Waals surface area contributed by atoms with Gasteiger partial charge in [-0.2, -0.15) is 0 Å². The zero-order chi connectivity index (χ0) is 27.8. The lowest BCUT2D eigenvalue weighted by Gasteiger charge is -2.17. The highest BCUT2D eigenvalue weighted by atomic mass is 16.5. The van der Waals surface area contributed by atoms with E-state index in [1.165, 1.54) is 0 Å². The summed E-state index contributed by atoms with van der Waals surface area (Å²) >= 11 is 0. The smallest absolute Gasteiger partial charge is 0.329 e. The summed E-state index contributed by atoms with van der Waals surface area (Å²) in [5.41, 5.74) is 4.11. The number of imide groups is 1. The lowest BCUT2D eigenvalue weighted by Crippen LogP contribution is -2.38. The van der Waals surface area contributed by atoms with Gasteiger partial charge in [-0.15, -0.1) is 6.58 Å². The summed E-state index contributed by atoms with van der Waals surface area (Å²) in [5, 5.41) is 5.29. The number of hydrogen-bond acceptors (Lipinski definition) is 5. The minimum Gasteiger partial charge on any atom is -0.490 e. The topological polar surface area (TPSA) is 97.0 Å². The Morgan fingerprint density at radius 2 is 1.85 bits per heavy atom. The van der Waals surface area contributed by atoms with Gasteiger partial charge in [-0.1, -0.05) is 48.5 Å². The fraction of sp³-hybridized carbons (Fsp3) is 0.194. The Labute approximate surface area is 227 Å². The van der Waals surface area contributed by atoms with E-state index in [1.54, 1.807) is 30.4 Å². The molecule has 0 saturated carbocycles. The van der Waals surface area contributed by atoms with Crippen LogP contribution in [-0.2, 0) is 22.6 Å². The molecule has 4 rings (SSSR count). The van der Waals surface area contributed by atoms with Crippen molar-refractivity contribution in [3.63, 3.8) is 0 Å². The molecule has 1 fully saturated rings. The number of benzene rings is 3. The first kappa shape index (κ1) is 27.2. The average Bonchev–Trinajstić information content (AvgIpc) is 3.16. The maximum Gasteiger partial charge on any atom is 0.329 e. The molecule has 4 amide bonds. The number of aryl methyl sites for hydroxylation is 1. The van der Waals surface area contributed by atoms with Crippen LogP contribution in [0.1, 0.15) is 29.2 Å². The molecule has 200 valence electrons. The SMILES string of the molecule is C=CCc1cc(/C=C2/NC(=O)N(CC(=O)Nc3cccc(C)c3)C2=O)cc(OCC)c1OCc1ccccc1. The highest BCUT2D eigenvalue weighted by molar-refractivity contribution is 6.16. The van der Waals surface area contributed by atoms with Crippen LogP contribution in [0.4, 0.5) is 10.5 Å². The largest absolute Gasteiger partial charge is 0.490 e. The lowest BCUT2D eigenvalue weighted by molar-refractivity contribution is -0.127. The third-order valence-electron chi connectivity index (χ3n) is 5.92. The van der Waals surface area contributed by atoms with Crippen molar-refractivity contribution in [3.05, 3.63) is 107 Å². The van der Waals surface area contributed by atoms with Crippen molar-refractivity contribution in [3.8, 4) is 11.5 Å². The van der Waals surface area contributed by atoms with Gasteiger partial charge in [-0.05, 0) is 67.3 Å². The summed E-state index contributed by atoms with van der Waals surface area (Å²) in [6.07, 6.45) is 3.83. The lowest BCUT2D eigenvalue weighted by atomic mass is 10.0. The molecule has 3 aromatic rings. The van der Waals surface area contributed by atoms with Crippen LogP contribution in [-0.4, -0.2) is 35.9 Å². The molecule has 0 aromatic heterocycles. The number of carbonyl (C=O) groups excluding carboxylic acids is 3. The van der Waals surface area contributed by atoms with Crippen molar-refractivity contribution in [1.82, 2.24) is 10.2 Å². The minimum absolute atomic E-state index is 0.0633. The van der Waals surface area contributed by atoms with E-state index in [1.807, 2.05) is 62.4 Å². The second-order valence-corrected chi connectivity index (χ2v) is 9.00. The Morgan fingerprint density at radius 3 is 2.56 bits per heavy atom. The summed E-state index contributed by atoms with van der Waals surface area (Å²) in [4.78, 5) is 39.0. The van der Waals surface area contributed by atoms with Crippen molar-refractivity contribution >= 4 is 29.6 Å². The molecule has 0 spiro atoms.